The van der Waals surface area contributed by atoms with Crippen LogP contribution in [0.25, 0.3) is 5.65 Å². The lowest BCUT2D eigenvalue weighted by atomic mass is 10.3. The quantitative estimate of drug-likeness (QED) is 0.868. The normalized spacial score (nSPS) is 15.5. The molecular formula is C13H19N5. The molecule has 1 saturated carbocycles. The molecule has 18 heavy (non-hydrogen) atoms. The highest BCUT2D eigenvalue weighted by Crippen LogP contribution is 2.24. The van der Waals surface area contributed by atoms with E-state index in [-0.39, 0.29) is 0 Å². The van der Waals surface area contributed by atoms with Crippen LogP contribution in [-0.4, -0.2) is 45.7 Å². The van der Waals surface area contributed by atoms with Gasteiger partial charge < -0.3 is 10.2 Å². The van der Waals surface area contributed by atoms with Crippen molar-refractivity contribution in [2.75, 3.05) is 25.5 Å². The minimum Gasteiger partial charge on any atom is -0.352 e. The number of pyridine rings is 1. The Labute approximate surface area is 107 Å². The van der Waals surface area contributed by atoms with Gasteiger partial charge in [-0.2, -0.15) is 4.98 Å². The molecule has 2 aromatic heterocycles. The molecule has 0 radical (unpaired) electrons. The molecule has 0 unspecified atom stereocenters. The highest BCUT2D eigenvalue weighted by Gasteiger charge is 2.25. The van der Waals surface area contributed by atoms with Gasteiger partial charge in [-0.25, -0.2) is 4.52 Å². The van der Waals surface area contributed by atoms with Gasteiger partial charge in [0.05, 0.1) is 0 Å². The van der Waals surface area contributed by atoms with Crippen molar-refractivity contribution in [2.45, 2.75) is 25.8 Å². The first-order valence-corrected chi connectivity index (χ1v) is 6.50. The van der Waals surface area contributed by atoms with Crippen molar-refractivity contribution < 1.29 is 0 Å². The minimum atomic E-state index is 0.716. The topological polar surface area (TPSA) is 45.5 Å². The van der Waals surface area contributed by atoms with Crippen LogP contribution in [0.5, 0.6) is 0 Å². The van der Waals surface area contributed by atoms with Crippen LogP contribution in [0.15, 0.2) is 18.3 Å². The fourth-order valence-electron chi connectivity index (χ4n) is 2.16. The molecule has 1 aliphatic carbocycles. The summed E-state index contributed by atoms with van der Waals surface area (Å²) in [4.78, 5) is 6.89. The maximum absolute atomic E-state index is 4.49. The molecule has 5 nitrogen and oxygen atoms in total. The Morgan fingerprint density at radius 3 is 3.06 bits per heavy atom. The van der Waals surface area contributed by atoms with Crippen molar-refractivity contribution in [3.63, 3.8) is 0 Å². The lowest BCUT2D eigenvalue weighted by Crippen LogP contribution is -2.27. The molecular weight excluding hydrogens is 226 g/mol. The van der Waals surface area contributed by atoms with Crippen LogP contribution >= 0.6 is 0 Å². The first-order chi connectivity index (χ1) is 8.74. The van der Waals surface area contributed by atoms with Crippen molar-refractivity contribution in [1.82, 2.24) is 19.5 Å². The number of rotatable bonds is 5. The molecule has 2 heterocycles. The number of aromatic nitrogens is 3. The second-order valence-corrected chi connectivity index (χ2v) is 5.03. The molecule has 1 aliphatic rings. The maximum atomic E-state index is 4.49. The average Bonchev–Trinajstić information content (AvgIpc) is 3.11. The summed E-state index contributed by atoms with van der Waals surface area (Å²) in [6.45, 7) is 3.98. The average molecular weight is 245 g/mol. The lowest BCUT2D eigenvalue weighted by molar-refractivity contribution is 0.337. The Bertz CT molecular complexity index is 543. The Hall–Kier alpha value is -1.62. The largest absolute Gasteiger partial charge is 0.352 e. The van der Waals surface area contributed by atoms with Crippen LogP contribution in [-0.2, 0) is 0 Å². The van der Waals surface area contributed by atoms with Crippen molar-refractivity contribution in [3.05, 3.63) is 23.9 Å². The van der Waals surface area contributed by atoms with E-state index in [1.165, 1.54) is 12.8 Å². The van der Waals surface area contributed by atoms with Gasteiger partial charge in [0, 0.05) is 25.3 Å². The summed E-state index contributed by atoms with van der Waals surface area (Å²) in [5.74, 6) is 0.716. The van der Waals surface area contributed by atoms with E-state index in [9.17, 15) is 0 Å². The van der Waals surface area contributed by atoms with Crippen LogP contribution in [0, 0.1) is 6.92 Å². The number of fused-ring (bicyclic) bond motifs is 1. The summed E-state index contributed by atoms with van der Waals surface area (Å²) in [7, 11) is 2.18. The van der Waals surface area contributed by atoms with Gasteiger partial charge in [0.1, 0.15) is 0 Å². The summed E-state index contributed by atoms with van der Waals surface area (Å²) < 4.78 is 1.82. The summed E-state index contributed by atoms with van der Waals surface area (Å²) in [5.41, 5.74) is 2.07. The highest BCUT2D eigenvalue weighted by molar-refractivity contribution is 5.49. The summed E-state index contributed by atoms with van der Waals surface area (Å²) >= 11 is 0. The van der Waals surface area contributed by atoms with Crippen molar-refractivity contribution in [1.29, 1.82) is 0 Å². The highest BCUT2D eigenvalue weighted by atomic mass is 15.3. The van der Waals surface area contributed by atoms with Crippen LogP contribution in [0.2, 0.25) is 0 Å². The fraction of sp³-hybridized carbons (Fsp3) is 0.538. The van der Waals surface area contributed by atoms with Gasteiger partial charge in [0.15, 0.2) is 5.65 Å². The van der Waals surface area contributed by atoms with E-state index >= 15 is 0 Å². The molecule has 96 valence electrons. The van der Waals surface area contributed by atoms with Gasteiger partial charge in [-0.3, -0.25) is 0 Å². The number of hydrogen-bond acceptors (Lipinski definition) is 4. The monoisotopic (exact) mass is 245 g/mol. The molecule has 0 aliphatic heterocycles. The van der Waals surface area contributed by atoms with E-state index in [1.54, 1.807) is 0 Å². The van der Waals surface area contributed by atoms with Crippen molar-refractivity contribution in [3.8, 4) is 0 Å². The Kier molecular flexibility index (Phi) is 2.91. The van der Waals surface area contributed by atoms with Gasteiger partial charge in [-0.1, -0.05) is 6.07 Å². The third-order valence-electron chi connectivity index (χ3n) is 3.48. The zero-order valence-corrected chi connectivity index (χ0v) is 10.9. The number of anilines is 1. The third kappa shape index (κ3) is 2.31. The Morgan fingerprint density at radius 2 is 2.33 bits per heavy atom. The molecule has 0 aromatic carbocycles. The predicted octanol–water partition coefficient (Wildman–Crippen LogP) is 1.54. The zero-order chi connectivity index (χ0) is 12.5. The van der Waals surface area contributed by atoms with E-state index in [1.807, 2.05) is 16.8 Å². The predicted molar refractivity (Wildman–Crippen MR) is 71.9 cm³/mol. The standard InChI is InChI=1S/C13H19N5/c1-10-4-3-8-18-12(10)15-13(16-18)14-7-9-17(2)11-5-6-11/h3-4,8,11H,5-7,9H2,1-2H3,(H,14,16). The van der Waals surface area contributed by atoms with Crippen LogP contribution in [0.3, 0.4) is 0 Å². The molecule has 2 aromatic rings. The minimum absolute atomic E-state index is 0.716. The Morgan fingerprint density at radius 1 is 1.50 bits per heavy atom. The molecule has 0 amide bonds. The maximum Gasteiger partial charge on any atom is 0.243 e. The van der Waals surface area contributed by atoms with E-state index in [4.69, 9.17) is 0 Å². The number of nitrogens with zero attached hydrogens (tertiary/aromatic N) is 4. The van der Waals surface area contributed by atoms with Crippen LogP contribution in [0.1, 0.15) is 18.4 Å². The van der Waals surface area contributed by atoms with Gasteiger partial charge >= 0.3 is 0 Å². The molecule has 0 spiro atoms. The molecule has 5 heteroatoms. The van der Waals surface area contributed by atoms with E-state index in [2.05, 4.69) is 40.3 Å². The lowest BCUT2D eigenvalue weighted by Gasteiger charge is -2.14. The van der Waals surface area contributed by atoms with Gasteiger partial charge in [-0.05, 0) is 38.4 Å². The molecule has 0 atom stereocenters. The first kappa shape index (κ1) is 11.5. The van der Waals surface area contributed by atoms with Crippen molar-refractivity contribution >= 4 is 11.6 Å². The SMILES string of the molecule is Cc1cccn2nc(NCCN(C)C3CC3)nc12. The number of aryl methyl sites for hydroxylation is 1. The smallest absolute Gasteiger partial charge is 0.243 e. The van der Waals surface area contributed by atoms with Gasteiger partial charge in [0.2, 0.25) is 5.95 Å². The van der Waals surface area contributed by atoms with Gasteiger partial charge in [-0.15, -0.1) is 5.10 Å². The number of likely N-dealkylation sites (N-methyl/N-ethyl adjacent to an activating group) is 1. The van der Waals surface area contributed by atoms with Crippen molar-refractivity contribution in [2.24, 2.45) is 0 Å². The molecule has 0 bridgehead atoms. The molecule has 0 saturated heterocycles. The first-order valence-electron chi connectivity index (χ1n) is 6.50. The molecule has 1 fully saturated rings. The van der Waals surface area contributed by atoms with Crippen LogP contribution in [0.4, 0.5) is 5.95 Å². The second kappa shape index (κ2) is 4.57. The number of hydrogen-bond donors (Lipinski definition) is 1. The van der Waals surface area contributed by atoms with Crippen LogP contribution < -0.4 is 5.32 Å². The fourth-order valence-corrected chi connectivity index (χ4v) is 2.16. The summed E-state index contributed by atoms with van der Waals surface area (Å²) in [6, 6.07) is 4.85. The Balaban J connectivity index is 1.62. The third-order valence-corrected chi connectivity index (χ3v) is 3.48. The van der Waals surface area contributed by atoms with E-state index < -0.39 is 0 Å². The number of nitrogens with one attached hydrogen (secondary N) is 1. The second-order valence-electron chi connectivity index (χ2n) is 5.03. The van der Waals surface area contributed by atoms with E-state index in [0.717, 1.165) is 30.3 Å². The van der Waals surface area contributed by atoms with Gasteiger partial charge in [0.25, 0.3) is 0 Å². The molecule has 3 rings (SSSR count). The zero-order valence-electron chi connectivity index (χ0n) is 10.9. The molecule has 1 N–H and O–H groups in total. The summed E-state index contributed by atoms with van der Waals surface area (Å²) in [6.07, 6.45) is 4.63. The van der Waals surface area contributed by atoms with E-state index in [0.29, 0.717) is 5.95 Å². The summed E-state index contributed by atoms with van der Waals surface area (Å²) in [5, 5.41) is 7.70.